The van der Waals surface area contributed by atoms with Crippen molar-refractivity contribution in [2.45, 2.75) is 33.6 Å². The van der Waals surface area contributed by atoms with Gasteiger partial charge in [0.2, 0.25) is 0 Å². The van der Waals surface area contributed by atoms with Crippen LogP contribution in [-0.2, 0) is 4.79 Å². The van der Waals surface area contributed by atoms with Crippen molar-refractivity contribution in [2.75, 3.05) is 19.6 Å². The van der Waals surface area contributed by atoms with Gasteiger partial charge >= 0.3 is 0 Å². The molecule has 108 valence electrons. The Morgan fingerprint density at radius 1 is 1.35 bits per heavy atom. The summed E-state index contributed by atoms with van der Waals surface area (Å²) in [5.74, 6) is 0.616. The molecule has 3 heteroatoms. The first-order chi connectivity index (χ1) is 9.51. The second-order valence-corrected chi connectivity index (χ2v) is 5.80. The number of piperidine rings is 1. The molecule has 0 aromatic heterocycles. The van der Waals surface area contributed by atoms with Crippen molar-refractivity contribution >= 4 is 11.6 Å². The van der Waals surface area contributed by atoms with E-state index in [4.69, 9.17) is 0 Å². The molecule has 1 unspecified atom stereocenters. The summed E-state index contributed by atoms with van der Waals surface area (Å²) in [6.45, 7) is 7.92. The van der Waals surface area contributed by atoms with Crippen LogP contribution >= 0.6 is 0 Å². The van der Waals surface area contributed by atoms with Crippen LogP contribution in [0.3, 0.4) is 0 Å². The number of nitrogens with zero attached hydrogens (tertiary/aromatic N) is 1. The highest BCUT2D eigenvalue weighted by molar-refractivity contribution is 5.99. The summed E-state index contributed by atoms with van der Waals surface area (Å²) in [5, 5.41) is 0. The van der Waals surface area contributed by atoms with Gasteiger partial charge in [0.25, 0.3) is 0 Å². The van der Waals surface area contributed by atoms with E-state index in [1.54, 1.807) is 0 Å². The summed E-state index contributed by atoms with van der Waals surface area (Å²) in [6, 6.07) is 5.94. The smallest absolute Gasteiger partial charge is 0.177 e. The molecule has 1 atom stereocenters. The van der Waals surface area contributed by atoms with Crippen LogP contribution in [0, 0.1) is 19.8 Å². The zero-order chi connectivity index (χ0) is 14.7. The van der Waals surface area contributed by atoms with Gasteiger partial charge in [0.15, 0.2) is 5.78 Å². The third kappa shape index (κ3) is 3.34. The molecule has 0 aliphatic carbocycles. The SMILES string of the molecule is CCC1CN(CC(=O)c2ccc(C)cc2C)CCC1=O. The Bertz CT molecular complexity index is 522. The van der Waals surface area contributed by atoms with Crippen LogP contribution in [0.25, 0.3) is 0 Å². The zero-order valence-corrected chi connectivity index (χ0v) is 12.6. The van der Waals surface area contributed by atoms with Gasteiger partial charge in [-0.05, 0) is 25.8 Å². The topological polar surface area (TPSA) is 37.4 Å². The number of hydrogen-bond donors (Lipinski definition) is 0. The standard InChI is InChI=1S/C17H23NO2/c1-4-14-10-18(8-7-16(14)19)11-17(20)15-6-5-12(2)9-13(15)3/h5-6,9,14H,4,7-8,10-11H2,1-3H3. The van der Waals surface area contributed by atoms with Gasteiger partial charge < -0.3 is 0 Å². The van der Waals surface area contributed by atoms with Crippen LogP contribution in [0.15, 0.2) is 18.2 Å². The summed E-state index contributed by atoms with van der Waals surface area (Å²) < 4.78 is 0. The van der Waals surface area contributed by atoms with E-state index in [2.05, 4.69) is 4.90 Å². The minimum Gasteiger partial charge on any atom is -0.299 e. The van der Waals surface area contributed by atoms with Gasteiger partial charge in [0.1, 0.15) is 5.78 Å². The minimum atomic E-state index is 0.107. The first kappa shape index (κ1) is 14.9. The Balaban J connectivity index is 2.03. The van der Waals surface area contributed by atoms with E-state index >= 15 is 0 Å². The average molecular weight is 273 g/mol. The predicted molar refractivity (Wildman–Crippen MR) is 80.1 cm³/mol. The maximum Gasteiger partial charge on any atom is 0.177 e. The van der Waals surface area contributed by atoms with Crippen LogP contribution in [0.4, 0.5) is 0 Å². The molecule has 1 saturated heterocycles. The summed E-state index contributed by atoms with van der Waals surface area (Å²) in [4.78, 5) is 26.2. The van der Waals surface area contributed by atoms with Gasteiger partial charge in [-0.15, -0.1) is 0 Å². The second kappa shape index (κ2) is 6.31. The Hall–Kier alpha value is -1.48. The number of hydrogen-bond acceptors (Lipinski definition) is 3. The van der Waals surface area contributed by atoms with Crippen molar-refractivity contribution in [2.24, 2.45) is 5.92 Å². The Morgan fingerprint density at radius 2 is 2.10 bits per heavy atom. The summed E-state index contributed by atoms with van der Waals surface area (Å²) in [5.41, 5.74) is 3.02. The highest BCUT2D eigenvalue weighted by Crippen LogP contribution is 2.17. The maximum absolute atomic E-state index is 12.4. The number of carbonyl (C=O) groups excluding carboxylic acids is 2. The fourth-order valence-electron chi connectivity index (χ4n) is 2.89. The third-order valence-corrected chi connectivity index (χ3v) is 4.15. The molecular weight excluding hydrogens is 250 g/mol. The monoisotopic (exact) mass is 273 g/mol. The van der Waals surface area contributed by atoms with Crippen molar-refractivity contribution in [3.8, 4) is 0 Å². The lowest BCUT2D eigenvalue weighted by Gasteiger charge is -2.30. The molecule has 0 spiro atoms. The Kier molecular flexibility index (Phi) is 4.71. The molecule has 1 heterocycles. The number of Topliss-reactive ketones (excluding diaryl/α,β-unsaturated/α-hetero) is 2. The number of aryl methyl sites for hydroxylation is 2. The van der Waals surface area contributed by atoms with Crippen LogP contribution in [-0.4, -0.2) is 36.1 Å². The van der Waals surface area contributed by atoms with Gasteiger partial charge in [-0.25, -0.2) is 0 Å². The van der Waals surface area contributed by atoms with E-state index in [0.717, 1.165) is 24.1 Å². The van der Waals surface area contributed by atoms with Crippen LogP contribution < -0.4 is 0 Å². The van der Waals surface area contributed by atoms with Crippen LogP contribution in [0.1, 0.15) is 41.3 Å². The van der Waals surface area contributed by atoms with E-state index in [0.29, 0.717) is 25.3 Å². The van der Waals surface area contributed by atoms with Gasteiger partial charge in [-0.2, -0.15) is 0 Å². The first-order valence-corrected chi connectivity index (χ1v) is 7.36. The quantitative estimate of drug-likeness (QED) is 0.792. The Labute approximate surface area is 121 Å². The molecule has 20 heavy (non-hydrogen) atoms. The lowest BCUT2D eigenvalue weighted by molar-refractivity contribution is -0.126. The molecule has 2 rings (SSSR count). The van der Waals surface area contributed by atoms with E-state index in [1.807, 2.05) is 39.0 Å². The molecular formula is C17H23NO2. The summed E-state index contributed by atoms with van der Waals surface area (Å²) in [7, 11) is 0. The molecule has 1 fully saturated rings. The largest absolute Gasteiger partial charge is 0.299 e. The molecule has 1 aromatic carbocycles. The van der Waals surface area contributed by atoms with E-state index in [1.165, 1.54) is 5.56 Å². The van der Waals surface area contributed by atoms with E-state index in [9.17, 15) is 9.59 Å². The van der Waals surface area contributed by atoms with Crippen molar-refractivity contribution in [1.82, 2.24) is 4.90 Å². The minimum absolute atomic E-state index is 0.107. The zero-order valence-electron chi connectivity index (χ0n) is 12.6. The summed E-state index contributed by atoms with van der Waals surface area (Å²) >= 11 is 0. The number of carbonyl (C=O) groups is 2. The fourth-order valence-corrected chi connectivity index (χ4v) is 2.89. The van der Waals surface area contributed by atoms with Crippen molar-refractivity contribution in [1.29, 1.82) is 0 Å². The maximum atomic E-state index is 12.4. The predicted octanol–water partition coefficient (Wildman–Crippen LogP) is 2.79. The van der Waals surface area contributed by atoms with Crippen molar-refractivity contribution in [3.63, 3.8) is 0 Å². The molecule has 3 nitrogen and oxygen atoms in total. The van der Waals surface area contributed by atoms with Crippen molar-refractivity contribution < 1.29 is 9.59 Å². The lowest BCUT2D eigenvalue weighted by atomic mass is 9.93. The number of ketones is 2. The molecule has 1 aliphatic rings. The van der Waals surface area contributed by atoms with Crippen LogP contribution in [0.2, 0.25) is 0 Å². The molecule has 1 aromatic rings. The van der Waals surface area contributed by atoms with E-state index in [-0.39, 0.29) is 11.7 Å². The summed E-state index contributed by atoms with van der Waals surface area (Å²) in [6.07, 6.45) is 1.45. The fraction of sp³-hybridized carbons (Fsp3) is 0.529. The lowest BCUT2D eigenvalue weighted by Crippen LogP contribution is -2.43. The number of rotatable bonds is 4. The third-order valence-electron chi connectivity index (χ3n) is 4.15. The number of benzene rings is 1. The molecule has 0 N–H and O–H groups in total. The molecule has 1 aliphatic heterocycles. The normalized spacial score (nSPS) is 20.1. The van der Waals surface area contributed by atoms with Gasteiger partial charge in [0.05, 0.1) is 6.54 Å². The second-order valence-electron chi connectivity index (χ2n) is 5.80. The highest BCUT2D eigenvalue weighted by atomic mass is 16.1. The molecule has 0 saturated carbocycles. The van der Waals surface area contributed by atoms with Crippen LogP contribution in [0.5, 0.6) is 0 Å². The first-order valence-electron chi connectivity index (χ1n) is 7.36. The molecule has 0 amide bonds. The molecule has 0 bridgehead atoms. The molecule has 0 radical (unpaired) electrons. The number of likely N-dealkylation sites (tertiary alicyclic amines) is 1. The van der Waals surface area contributed by atoms with Gasteiger partial charge in [-0.3, -0.25) is 14.5 Å². The average Bonchev–Trinajstić information content (AvgIpc) is 2.40. The van der Waals surface area contributed by atoms with Gasteiger partial charge in [-0.1, -0.05) is 30.7 Å². The highest BCUT2D eigenvalue weighted by Gasteiger charge is 2.27. The van der Waals surface area contributed by atoms with Crippen molar-refractivity contribution in [3.05, 3.63) is 34.9 Å². The Morgan fingerprint density at radius 3 is 2.75 bits per heavy atom. The van der Waals surface area contributed by atoms with E-state index < -0.39 is 0 Å². The van der Waals surface area contributed by atoms with Gasteiger partial charge in [0, 0.05) is 31.0 Å².